The predicted octanol–water partition coefficient (Wildman–Crippen LogP) is 15.2. The van der Waals surface area contributed by atoms with Gasteiger partial charge in [0.2, 0.25) is 0 Å². The van der Waals surface area contributed by atoms with Crippen LogP contribution in [0.2, 0.25) is 0 Å². The largest absolute Gasteiger partial charge is 0.454 e. The Labute approximate surface area is 349 Å². The molecule has 284 valence electrons. The van der Waals surface area contributed by atoms with Crippen molar-refractivity contribution in [1.82, 2.24) is 14.5 Å². The predicted molar refractivity (Wildman–Crippen MR) is 250 cm³/mol. The number of aromatic nitrogens is 3. The summed E-state index contributed by atoms with van der Waals surface area (Å²) in [4.78, 5) is 10.6. The van der Waals surface area contributed by atoms with Gasteiger partial charge in [-0.2, -0.15) is 0 Å². The third kappa shape index (κ3) is 5.21. The van der Waals surface area contributed by atoms with Gasteiger partial charge in [-0.15, -0.1) is 0 Å². The van der Waals surface area contributed by atoms with Crippen molar-refractivity contribution in [3.63, 3.8) is 0 Å². The van der Waals surface area contributed by atoms with Gasteiger partial charge >= 0.3 is 0 Å². The summed E-state index contributed by atoms with van der Waals surface area (Å²) >= 11 is 0. The summed E-state index contributed by atoms with van der Waals surface area (Å²) in [7, 11) is 0. The minimum absolute atomic E-state index is 0.608. The Morgan fingerprint density at radius 2 is 0.984 bits per heavy atom. The first-order chi connectivity index (χ1) is 30.2. The van der Waals surface area contributed by atoms with Crippen LogP contribution in [-0.4, -0.2) is 14.5 Å². The Morgan fingerprint density at radius 3 is 1.80 bits per heavy atom. The van der Waals surface area contributed by atoms with Gasteiger partial charge in [0.15, 0.2) is 17.0 Å². The van der Waals surface area contributed by atoms with Crippen LogP contribution < -0.4 is 0 Å². The number of hydrogen-bond donors (Lipinski definition) is 0. The van der Waals surface area contributed by atoms with E-state index in [2.05, 4.69) is 168 Å². The molecule has 61 heavy (non-hydrogen) atoms. The molecule has 0 saturated heterocycles. The van der Waals surface area contributed by atoms with Crippen LogP contribution in [0.15, 0.2) is 209 Å². The van der Waals surface area contributed by atoms with Crippen LogP contribution in [0.1, 0.15) is 0 Å². The molecule has 0 bridgehead atoms. The van der Waals surface area contributed by atoms with Gasteiger partial charge in [0.25, 0.3) is 0 Å². The lowest BCUT2D eigenvalue weighted by Gasteiger charge is -2.10. The Bertz CT molecular complexity index is 3860. The van der Waals surface area contributed by atoms with Crippen LogP contribution >= 0.6 is 0 Å². The average molecular weight is 780 g/mol. The monoisotopic (exact) mass is 779 g/mol. The molecule has 0 atom stereocenters. The average Bonchev–Trinajstić information content (AvgIpc) is 4.00. The van der Waals surface area contributed by atoms with Gasteiger partial charge < -0.3 is 13.4 Å². The third-order valence-corrected chi connectivity index (χ3v) is 12.2. The highest BCUT2D eigenvalue weighted by Crippen LogP contribution is 2.44. The molecule has 0 amide bonds. The van der Waals surface area contributed by atoms with Crippen molar-refractivity contribution in [2.24, 2.45) is 0 Å². The molecule has 9 aromatic carbocycles. The molecule has 13 aromatic rings. The van der Waals surface area contributed by atoms with E-state index < -0.39 is 0 Å². The standard InChI is InChI=1S/C56H33N3O2/c1-3-13-34(14-4-1)36-25-27-37(28-26-36)52-55-53(41-19-9-10-23-49(41)60-55)58-56(57-52)43-21-12-24-50-51(43)42-20-11-22-47(54(42)61-50)59-46-30-29-40(35-15-5-2-6-16-35)32-44(46)45-31-38-17-7-8-18-39(38)33-48(45)59/h1-33H. The molecule has 0 fully saturated rings. The molecule has 0 aliphatic carbocycles. The fourth-order valence-corrected chi connectivity index (χ4v) is 9.33. The van der Waals surface area contributed by atoms with Gasteiger partial charge in [-0.25, -0.2) is 9.97 Å². The molecule has 0 unspecified atom stereocenters. The van der Waals surface area contributed by atoms with Crippen LogP contribution in [0.5, 0.6) is 0 Å². The summed E-state index contributed by atoms with van der Waals surface area (Å²) in [6.07, 6.45) is 0. The molecule has 0 spiro atoms. The maximum Gasteiger partial charge on any atom is 0.180 e. The van der Waals surface area contributed by atoms with E-state index in [1.807, 2.05) is 36.4 Å². The van der Waals surface area contributed by atoms with Crippen molar-refractivity contribution in [1.29, 1.82) is 0 Å². The molecule has 5 heteroatoms. The second kappa shape index (κ2) is 13.1. The van der Waals surface area contributed by atoms with E-state index in [4.69, 9.17) is 18.8 Å². The fraction of sp³-hybridized carbons (Fsp3) is 0. The highest BCUT2D eigenvalue weighted by atomic mass is 16.3. The number of para-hydroxylation sites is 2. The second-order valence-corrected chi connectivity index (χ2v) is 15.7. The zero-order valence-corrected chi connectivity index (χ0v) is 32.7. The molecule has 5 nitrogen and oxygen atoms in total. The highest BCUT2D eigenvalue weighted by molar-refractivity contribution is 6.18. The smallest absolute Gasteiger partial charge is 0.180 e. The number of furan rings is 2. The fourth-order valence-electron chi connectivity index (χ4n) is 9.33. The molecule has 0 radical (unpaired) electrons. The van der Waals surface area contributed by atoms with Crippen LogP contribution in [0, 0.1) is 0 Å². The normalized spacial score (nSPS) is 11.9. The summed E-state index contributed by atoms with van der Waals surface area (Å²) in [5, 5.41) is 7.69. The molecular weight excluding hydrogens is 747 g/mol. The lowest BCUT2D eigenvalue weighted by atomic mass is 10.0. The summed E-state index contributed by atoms with van der Waals surface area (Å²) in [5.41, 5.74) is 14.3. The summed E-state index contributed by atoms with van der Waals surface area (Å²) in [6.45, 7) is 0. The van der Waals surface area contributed by atoms with Gasteiger partial charge in [-0.05, 0) is 81.6 Å². The number of fused-ring (bicyclic) bond motifs is 10. The van der Waals surface area contributed by atoms with Crippen LogP contribution in [0.3, 0.4) is 0 Å². The zero-order chi connectivity index (χ0) is 40.0. The van der Waals surface area contributed by atoms with Crippen molar-refractivity contribution in [3.05, 3.63) is 200 Å². The number of hydrogen-bond acceptors (Lipinski definition) is 4. The molecule has 0 N–H and O–H groups in total. The SMILES string of the molecule is c1ccc(-c2ccc(-c3nc(-c4cccc5oc6c(-n7c8ccc(-c9ccccc9)cc8c8cc9ccccc9cc87)cccc6c45)nc4c3oc3ccccc34)cc2)cc1. The van der Waals surface area contributed by atoms with E-state index in [-0.39, 0.29) is 0 Å². The lowest BCUT2D eigenvalue weighted by molar-refractivity contribution is 0.666. The van der Waals surface area contributed by atoms with Crippen LogP contribution in [0.25, 0.3) is 127 Å². The topological polar surface area (TPSA) is 57.0 Å². The number of nitrogens with zero attached hydrogens (tertiary/aromatic N) is 3. The third-order valence-electron chi connectivity index (χ3n) is 12.2. The Morgan fingerprint density at radius 1 is 0.377 bits per heavy atom. The highest BCUT2D eigenvalue weighted by Gasteiger charge is 2.23. The Kier molecular flexibility index (Phi) is 7.24. The van der Waals surface area contributed by atoms with Gasteiger partial charge in [-0.3, -0.25) is 0 Å². The van der Waals surface area contributed by atoms with E-state index in [1.165, 1.54) is 32.7 Å². The van der Waals surface area contributed by atoms with Crippen molar-refractivity contribution in [2.45, 2.75) is 0 Å². The molecule has 4 aromatic heterocycles. The lowest BCUT2D eigenvalue weighted by Crippen LogP contribution is -1.95. The Balaban J connectivity index is 1.04. The van der Waals surface area contributed by atoms with Crippen LogP contribution in [0.4, 0.5) is 0 Å². The van der Waals surface area contributed by atoms with Crippen molar-refractivity contribution in [2.75, 3.05) is 0 Å². The number of benzene rings is 9. The van der Waals surface area contributed by atoms with E-state index >= 15 is 0 Å². The minimum Gasteiger partial charge on any atom is -0.454 e. The first kappa shape index (κ1) is 33.7. The Hall–Kier alpha value is -8.28. The van der Waals surface area contributed by atoms with Gasteiger partial charge in [0, 0.05) is 38.1 Å². The molecule has 13 rings (SSSR count). The van der Waals surface area contributed by atoms with Crippen LogP contribution in [-0.2, 0) is 0 Å². The first-order valence-corrected chi connectivity index (χ1v) is 20.6. The van der Waals surface area contributed by atoms with E-state index in [1.54, 1.807) is 0 Å². The second-order valence-electron chi connectivity index (χ2n) is 15.7. The van der Waals surface area contributed by atoms with E-state index in [0.29, 0.717) is 11.4 Å². The first-order valence-electron chi connectivity index (χ1n) is 20.6. The number of rotatable bonds is 5. The zero-order valence-electron chi connectivity index (χ0n) is 32.7. The molecular formula is C56H33N3O2. The maximum atomic E-state index is 6.97. The maximum absolute atomic E-state index is 6.97. The summed E-state index contributed by atoms with van der Waals surface area (Å²) in [5.74, 6) is 0.608. The van der Waals surface area contributed by atoms with Crippen molar-refractivity contribution >= 4 is 76.6 Å². The molecule has 0 aliphatic heterocycles. The van der Waals surface area contributed by atoms with Crippen molar-refractivity contribution < 1.29 is 8.83 Å². The van der Waals surface area contributed by atoms with E-state index in [9.17, 15) is 0 Å². The molecule has 4 heterocycles. The summed E-state index contributed by atoms with van der Waals surface area (Å²) in [6, 6.07) is 70.3. The van der Waals surface area contributed by atoms with Gasteiger partial charge in [0.1, 0.15) is 22.4 Å². The minimum atomic E-state index is 0.608. The molecule has 0 saturated carbocycles. The quantitative estimate of drug-likeness (QED) is 0.175. The van der Waals surface area contributed by atoms with E-state index in [0.717, 1.165) is 83.1 Å². The summed E-state index contributed by atoms with van der Waals surface area (Å²) < 4.78 is 15.9. The van der Waals surface area contributed by atoms with Gasteiger partial charge in [0.05, 0.1) is 16.7 Å². The van der Waals surface area contributed by atoms with Crippen molar-refractivity contribution in [3.8, 4) is 50.6 Å². The molecule has 0 aliphatic rings. The van der Waals surface area contributed by atoms with Gasteiger partial charge in [-0.1, -0.05) is 152 Å².